The smallest absolute Gasteiger partial charge is 0.434 e. The minimum absolute atomic E-state index is 0.00724. The van der Waals surface area contributed by atoms with Gasteiger partial charge in [-0.05, 0) is 112 Å². The second kappa shape index (κ2) is 26.2. The van der Waals surface area contributed by atoms with Crippen LogP contribution >= 0.6 is 0 Å². The number of hydrogen-bond donors (Lipinski definition) is 0. The maximum absolute atomic E-state index is 12.8. The fourth-order valence-corrected chi connectivity index (χ4v) is 11.0. The van der Waals surface area contributed by atoms with Gasteiger partial charge in [-0.3, -0.25) is 19.3 Å². The topological polar surface area (TPSA) is 157 Å². The molecule has 2 spiro atoms. The monoisotopic (exact) mass is 1150 g/mol. The van der Waals surface area contributed by atoms with E-state index in [0.717, 1.165) is 89.2 Å². The number of carbonyl (C=O) groups is 5. The second-order valence-electron chi connectivity index (χ2n) is 20.5. The molecule has 0 aromatic heterocycles. The van der Waals surface area contributed by atoms with Crippen molar-refractivity contribution in [2.45, 2.75) is 139 Å². The Labute approximate surface area is 447 Å². The number of nitrogens with zero attached hydrogens (tertiary/aromatic N) is 5. The molecule has 28 heteroatoms. The number of piperidine rings is 2. The van der Waals surface area contributed by atoms with Crippen molar-refractivity contribution >= 4 is 42.8 Å². The van der Waals surface area contributed by atoms with E-state index < -0.39 is 55.4 Å². The number of likely N-dealkylation sites (tertiary alicyclic amines) is 3. The molecule has 5 aliphatic heterocycles. The van der Waals surface area contributed by atoms with E-state index in [1.54, 1.807) is 6.07 Å². The van der Waals surface area contributed by atoms with Gasteiger partial charge in [-0.25, -0.2) is 9.59 Å². The standard InChI is InChI=1S/C25H31F6N3O5.C13H17F6NO2.C13H15NO4/c1-17-3-4-18(19(13-17)33-11-12-37-20(15-33)38-16-35)14-34-8-2-5-23(34)6-9-32(10-7-23)22(36)39-21(24(26,27)28)25(29,30)31;14-12(15,16)9(13(17,18)19)22-10(21)20-7-5-11(6-8-20)3-1-2-4-11;1-10-2-3-11(6-15)13(4-10)14-5-12(18-9-16)7-17-8-14/h3-4,13,16,20-21H,2,5-12,14-15H2,1H3;9H,1-8H2;2-4,6,9,12H,5,7-8H2,1H3. The van der Waals surface area contributed by atoms with Crippen LogP contribution in [0, 0.1) is 19.3 Å². The molecule has 0 radical (unpaired) electrons. The van der Waals surface area contributed by atoms with Crippen molar-refractivity contribution in [3.05, 3.63) is 58.7 Å². The number of aldehydes is 1. The lowest BCUT2D eigenvalue weighted by atomic mass is 9.77. The van der Waals surface area contributed by atoms with Crippen molar-refractivity contribution in [1.82, 2.24) is 14.7 Å². The highest BCUT2D eigenvalue weighted by Gasteiger charge is 2.61. The molecule has 2 aromatic rings. The average Bonchev–Trinajstić information content (AvgIpc) is 4.04. The van der Waals surface area contributed by atoms with Crippen LogP contribution in [0.25, 0.3) is 0 Å². The molecule has 1 saturated carbocycles. The van der Waals surface area contributed by atoms with E-state index in [1.807, 2.05) is 43.0 Å². The summed E-state index contributed by atoms with van der Waals surface area (Å²) in [4.78, 5) is 64.2. The summed E-state index contributed by atoms with van der Waals surface area (Å²) in [6, 6.07) is 11.7. The molecule has 2 aromatic carbocycles. The number of alkyl halides is 12. The molecule has 5 saturated heterocycles. The zero-order valence-corrected chi connectivity index (χ0v) is 43.3. The number of carbonyl (C=O) groups excluding carboxylic acids is 5. The first kappa shape index (κ1) is 62.4. The summed E-state index contributed by atoms with van der Waals surface area (Å²) >= 11 is 0. The molecular weight excluding hydrogens is 1090 g/mol. The van der Waals surface area contributed by atoms with Crippen molar-refractivity contribution in [1.29, 1.82) is 0 Å². The molecule has 442 valence electrons. The van der Waals surface area contributed by atoms with Crippen LogP contribution in [0.4, 0.5) is 73.6 Å². The van der Waals surface area contributed by atoms with Gasteiger partial charge in [0.1, 0.15) is 12.8 Å². The Bertz CT molecular complexity index is 2340. The first-order chi connectivity index (χ1) is 37.1. The maximum Gasteiger partial charge on any atom is 0.434 e. The highest BCUT2D eigenvalue weighted by molar-refractivity contribution is 5.85. The molecule has 2 amide bonds. The average molecular weight is 1150 g/mol. The number of amides is 2. The predicted molar refractivity (Wildman–Crippen MR) is 256 cm³/mol. The molecular formula is C51H63F12N5O11. The zero-order chi connectivity index (χ0) is 58.0. The molecule has 5 heterocycles. The number of morpholine rings is 1. The van der Waals surface area contributed by atoms with E-state index >= 15 is 0 Å². The number of rotatable bonds is 11. The van der Waals surface area contributed by atoms with Crippen molar-refractivity contribution in [3.8, 4) is 0 Å². The highest BCUT2D eigenvalue weighted by Crippen LogP contribution is 2.47. The molecule has 2 unspecified atom stereocenters. The summed E-state index contributed by atoms with van der Waals surface area (Å²) in [7, 11) is 0. The third-order valence-corrected chi connectivity index (χ3v) is 15.1. The van der Waals surface area contributed by atoms with E-state index in [4.69, 9.17) is 18.9 Å². The molecule has 16 nitrogen and oxygen atoms in total. The number of hydrogen-bond acceptors (Lipinski definition) is 14. The lowest BCUT2D eigenvalue weighted by Crippen LogP contribution is -2.54. The van der Waals surface area contributed by atoms with Crippen LogP contribution in [-0.4, -0.2) is 173 Å². The van der Waals surface area contributed by atoms with Crippen LogP contribution < -0.4 is 9.80 Å². The molecule has 6 fully saturated rings. The van der Waals surface area contributed by atoms with Crippen LogP contribution in [0.3, 0.4) is 0 Å². The summed E-state index contributed by atoms with van der Waals surface area (Å²) in [5.41, 5.74) is 5.31. The fraction of sp³-hybridized carbons (Fsp3) is 0.667. The third-order valence-electron chi connectivity index (χ3n) is 15.1. The van der Waals surface area contributed by atoms with E-state index in [9.17, 15) is 76.7 Å². The fourth-order valence-electron chi connectivity index (χ4n) is 11.0. The van der Waals surface area contributed by atoms with Crippen LogP contribution in [0.2, 0.25) is 0 Å². The predicted octanol–water partition coefficient (Wildman–Crippen LogP) is 9.81. The lowest BCUT2D eigenvalue weighted by molar-refractivity contribution is -0.309. The van der Waals surface area contributed by atoms with Gasteiger partial charge in [-0.2, -0.15) is 52.7 Å². The molecule has 8 rings (SSSR count). The quantitative estimate of drug-likeness (QED) is 0.119. The number of halogens is 12. The van der Waals surface area contributed by atoms with Gasteiger partial charge in [0.2, 0.25) is 6.29 Å². The molecule has 6 aliphatic rings. The van der Waals surface area contributed by atoms with Crippen LogP contribution in [-0.2, 0) is 44.6 Å². The second-order valence-corrected chi connectivity index (χ2v) is 20.5. The Kier molecular flexibility index (Phi) is 20.7. The van der Waals surface area contributed by atoms with Gasteiger partial charge in [0.25, 0.3) is 25.2 Å². The van der Waals surface area contributed by atoms with Crippen molar-refractivity contribution < 1.29 is 105 Å². The van der Waals surface area contributed by atoms with Gasteiger partial charge in [-0.15, -0.1) is 0 Å². The first-order valence-electron chi connectivity index (χ1n) is 25.6. The number of benzene rings is 2. The van der Waals surface area contributed by atoms with Gasteiger partial charge in [0, 0.05) is 61.7 Å². The molecule has 1 aliphatic carbocycles. The largest absolute Gasteiger partial charge is 0.460 e. The molecule has 2 atom stereocenters. The van der Waals surface area contributed by atoms with Crippen molar-refractivity contribution in [2.75, 3.05) is 82.1 Å². The third kappa shape index (κ3) is 16.7. The summed E-state index contributed by atoms with van der Waals surface area (Å²) in [6.45, 7) is 8.98. The van der Waals surface area contributed by atoms with E-state index in [0.29, 0.717) is 90.3 Å². The Morgan fingerprint density at radius 3 is 1.70 bits per heavy atom. The molecule has 0 N–H and O–H groups in total. The van der Waals surface area contributed by atoms with Gasteiger partial charge < -0.3 is 48.0 Å². The van der Waals surface area contributed by atoms with Gasteiger partial charge in [0.15, 0.2) is 6.29 Å². The Morgan fingerprint density at radius 2 is 1.16 bits per heavy atom. The van der Waals surface area contributed by atoms with Gasteiger partial charge >= 0.3 is 36.9 Å². The van der Waals surface area contributed by atoms with Crippen LogP contribution in [0.1, 0.15) is 91.3 Å². The number of aryl methyl sites for hydroxylation is 2. The van der Waals surface area contributed by atoms with Crippen molar-refractivity contribution in [3.63, 3.8) is 0 Å². The van der Waals surface area contributed by atoms with Gasteiger partial charge in [-0.1, -0.05) is 31.0 Å². The Balaban J connectivity index is 0.000000212. The summed E-state index contributed by atoms with van der Waals surface area (Å²) in [6.07, 6.45) is -26.5. The minimum Gasteiger partial charge on any atom is -0.460 e. The number of anilines is 2. The van der Waals surface area contributed by atoms with Crippen molar-refractivity contribution in [2.24, 2.45) is 5.41 Å². The summed E-state index contributed by atoms with van der Waals surface area (Å²) in [5, 5.41) is 0. The van der Waals surface area contributed by atoms with Crippen LogP contribution in [0.15, 0.2) is 36.4 Å². The van der Waals surface area contributed by atoms with Crippen LogP contribution in [0.5, 0.6) is 0 Å². The summed E-state index contributed by atoms with van der Waals surface area (Å²) in [5.74, 6) is 0. The molecule has 0 bridgehead atoms. The van der Waals surface area contributed by atoms with E-state index in [2.05, 4.69) is 25.3 Å². The molecule has 79 heavy (non-hydrogen) atoms. The first-order valence-corrected chi connectivity index (χ1v) is 25.6. The highest BCUT2D eigenvalue weighted by atomic mass is 19.4. The SMILES string of the molecule is Cc1ccc(C=O)c(N2COCC(OC=O)C2)c1.Cc1ccc(CN2CCCC23CCN(C(=O)OC(C(F)(F)F)C(F)(F)F)CC3)c(N2CCOC(OC=O)C2)c1.O=C(OC(C(F)(F)F)C(F)(F)F)N1CCC2(CCCC2)CC1. The normalized spacial score (nSPS) is 21.7. The van der Waals surface area contributed by atoms with E-state index in [1.165, 1.54) is 0 Å². The van der Waals surface area contributed by atoms with Gasteiger partial charge in [0.05, 0.1) is 26.3 Å². The Hall–Kier alpha value is -5.77. The maximum atomic E-state index is 12.8. The summed E-state index contributed by atoms with van der Waals surface area (Å²) < 4.78 is 180. The number of ether oxygens (including phenoxy) is 6. The lowest BCUT2D eigenvalue weighted by Gasteiger charge is -2.45. The minimum atomic E-state index is -5.75. The Morgan fingerprint density at radius 1 is 0.633 bits per heavy atom. The van der Waals surface area contributed by atoms with E-state index in [-0.39, 0.29) is 43.2 Å². The zero-order valence-electron chi connectivity index (χ0n) is 43.3.